The topological polar surface area (TPSA) is 137 Å². The zero-order chi connectivity index (χ0) is 28.1. The van der Waals surface area contributed by atoms with Gasteiger partial charge in [-0.25, -0.2) is 13.8 Å². The van der Waals surface area contributed by atoms with Crippen molar-refractivity contribution in [1.82, 2.24) is 10.3 Å². The summed E-state index contributed by atoms with van der Waals surface area (Å²) in [5, 5.41) is 10.9. The van der Waals surface area contributed by atoms with Gasteiger partial charge in [0, 0.05) is 30.2 Å². The van der Waals surface area contributed by atoms with E-state index >= 15 is 0 Å². The molecule has 1 heterocycles. The molecule has 0 saturated carbocycles. The van der Waals surface area contributed by atoms with E-state index in [0.717, 1.165) is 12.1 Å². The van der Waals surface area contributed by atoms with Crippen LogP contribution in [-0.2, 0) is 22.7 Å². The van der Waals surface area contributed by atoms with Crippen LogP contribution < -0.4 is 20.5 Å². The molecule has 0 atom stereocenters. The molecular weight excluding hydrogens is 514 g/mol. The van der Waals surface area contributed by atoms with Crippen LogP contribution in [0, 0.1) is 18.6 Å². The maximum absolute atomic E-state index is 12.8. The Bertz CT molecular complexity index is 1210. The van der Waals surface area contributed by atoms with Gasteiger partial charge in [0.05, 0.1) is 18.8 Å². The third-order valence-corrected chi connectivity index (χ3v) is 4.92. The van der Waals surface area contributed by atoms with Crippen molar-refractivity contribution in [3.05, 3.63) is 65.1 Å². The molecule has 4 N–H and O–H groups in total. The molecule has 0 aliphatic rings. The molecule has 0 aliphatic heterocycles. The summed E-state index contributed by atoms with van der Waals surface area (Å²) in [6.45, 7) is -0.810. The predicted molar refractivity (Wildman–Crippen MR) is 127 cm³/mol. The summed E-state index contributed by atoms with van der Waals surface area (Å²) in [6, 6.07) is 7.57. The summed E-state index contributed by atoms with van der Waals surface area (Å²) >= 11 is 0. The second kappa shape index (κ2) is 15.2. The van der Waals surface area contributed by atoms with E-state index in [1.165, 1.54) is 24.3 Å². The zero-order valence-corrected chi connectivity index (χ0v) is 20.4. The monoisotopic (exact) mass is 541 g/mol. The van der Waals surface area contributed by atoms with Crippen molar-refractivity contribution in [2.45, 2.75) is 45.9 Å². The number of carbonyl (C=O) groups excluding carboxylic acids is 1. The lowest BCUT2D eigenvalue weighted by molar-refractivity contribution is -0.137. The third-order valence-electron chi connectivity index (χ3n) is 4.92. The van der Waals surface area contributed by atoms with Crippen LogP contribution in [-0.4, -0.2) is 35.7 Å². The number of ether oxygens (including phenoxy) is 2. The van der Waals surface area contributed by atoms with Gasteiger partial charge in [-0.05, 0) is 44.0 Å². The Labute approximate surface area is 215 Å². The average molecular weight is 541 g/mol. The molecular formula is C25H27F4N3O6. The number of hydrogen-bond donors (Lipinski definition) is 3. The molecule has 0 fully saturated rings. The smallest absolute Gasteiger partial charge is 0.387 e. The van der Waals surface area contributed by atoms with Gasteiger partial charge in [0.1, 0.15) is 17.4 Å². The second-order valence-corrected chi connectivity index (χ2v) is 7.71. The molecule has 1 aromatic heterocycles. The Morgan fingerprint density at radius 2 is 1.95 bits per heavy atom. The lowest BCUT2D eigenvalue weighted by Crippen LogP contribution is -2.11. The van der Waals surface area contributed by atoms with E-state index in [1.807, 2.05) is 0 Å². The normalized spacial score (nSPS) is 10.5. The standard InChI is InChI=1S/C17H20F2N2O5.C8H7F2NO/c1-10-14(9-20)25-16(21-10)11-5-6-12(26-17(18)19)13(8-11)24-7-3-2-4-15(22)23;9-7-2-1-6(4-11-5-12)8(10)3-7/h5-6,8,17H,2-4,7,9,20H2,1H3,(H,22,23);1-3,5H,4H2,(H,11,12). The molecule has 1 amide bonds. The minimum atomic E-state index is -3.00. The summed E-state index contributed by atoms with van der Waals surface area (Å²) in [5.41, 5.74) is 7.00. The maximum Gasteiger partial charge on any atom is 0.387 e. The van der Waals surface area contributed by atoms with Gasteiger partial charge in [0.25, 0.3) is 0 Å². The highest BCUT2D eigenvalue weighted by Gasteiger charge is 2.16. The first-order valence-electron chi connectivity index (χ1n) is 11.4. The minimum absolute atomic E-state index is 0.0151. The molecule has 9 nitrogen and oxygen atoms in total. The fraction of sp³-hybridized carbons (Fsp3) is 0.320. The van der Waals surface area contributed by atoms with Crippen LogP contribution in [0.15, 0.2) is 40.8 Å². The zero-order valence-electron chi connectivity index (χ0n) is 20.4. The summed E-state index contributed by atoms with van der Waals surface area (Å²) in [4.78, 5) is 24.6. The van der Waals surface area contributed by atoms with Crippen molar-refractivity contribution in [2.75, 3.05) is 6.61 Å². The average Bonchev–Trinajstić information content (AvgIpc) is 3.24. The Kier molecular flexibility index (Phi) is 12.0. The van der Waals surface area contributed by atoms with Gasteiger partial charge >= 0.3 is 12.6 Å². The maximum atomic E-state index is 12.8. The number of aromatic nitrogens is 1. The quantitative estimate of drug-likeness (QED) is 0.163. The van der Waals surface area contributed by atoms with Gasteiger partial charge in [0.15, 0.2) is 11.5 Å². The molecule has 0 spiro atoms. The SMILES string of the molecule is Cc1nc(-c2ccc(OC(F)F)c(OCCCCC(=O)O)c2)oc1CN.O=CNCc1ccc(F)cc1F. The second-order valence-electron chi connectivity index (χ2n) is 7.71. The fourth-order valence-electron chi connectivity index (χ4n) is 3.07. The number of nitrogens with zero attached hydrogens (tertiary/aromatic N) is 1. The summed E-state index contributed by atoms with van der Waals surface area (Å²) in [6.07, 6.45) is 1.35. The number of oxazole rings is 1. The number of aryl methyl sites for hydroxylation is 1. The molecule has 0 saturated heterocycles. The van der Waals surface area contributed by atoms with Crippen LogP contribution in [0.3, 0.4) is 0 Å². The number of hydrogen-bond acceptors (Lipinski definition) is 7. The number of nitrogens with two attached hydrogens (primary N) is 1. The van der Waals surface area contributed by atoms with Crippen molar-refractivity contribution in [1.29, 1.82) is 0 Å². The minimum Gasteiger partial charge on any atom is -0.490 e. The number of unbranched alkanes of at least 4 members (excludes halogenated alkanes) is 1. The number of carboxylic acids is 1. The summed E-state index contributed by atoms with van der Waals surface area (Å²) in [5.74, 6) is -1.37. The number of alkyl halides is 2. The van der Waals surface area contributed by atoms with Crippen molar-refractivity contribution >= 4 is 12.4 Å². The first-order valence-corrected chi connectivity index (χ1v) is 11.4. The first-order chi connectivity index (χ1) is 18.1. The Balaban J connectivity index is 0.000000352. The van der Waals surface area contributed by atoms with Crippen LogP contribution >= 0.6 is 0 Å². The highest BCUT2D eigenvalue weighted by molar-refractivity contribution is 5.66. The van der Waals surface area contributed by atoms with Gasteiger partial charge in [-0.1, -0.05) is 6.07 Å². The van der Waals surface area contributed by atoms with Crippen LogP contribution in [0.1, 0.15) is 36.3 Å². The van der Waals surface area contributed by atoms with E-state index in [9.17, 15) is 27.2 Å². The molecule has 3 rings (SSSR count). The Hall–Kier alpha value is -4.13. The number of rotatable bonds is 13. The Morgan fingerprint density at radius 3 is 2.55 bits per heavy atom. The van der Waals surface area contributed by atoms with Crippen molar-refractivity contribution < 1.29 is 46.1 Å². The van der Waals surface area contributed by atoms with Gasteiger partial charge in [-0.3, -0.25) is 9.59 Å². The molecule has 2 aromatic carbocycles. The largest absolute Gasteiger partial charge is 0.490 e. The predicted octanol–water partition coefficient (Wildman–Crippen LogP) is 4.55. The van der Waals surface area contributed by atoms with Crippen LogP contribution in [0.4, 0.5) is 17.6 Å². The molecule has 3 aromatic rings. The van der Waals surface area contributed by atoms with E-state index in [2.05, 4.69) is 15.0 Å². The molecule has 13 heteroatoms. The van der Waals surface area contributed by atoms with E-state index in [4.69, 9.17) is 20.0 Å². The summed E-state index contributed by atoms with van der Waals surface area (Å²) < 4.78 is 65.8. The van der Waals surface area contributed by atoms with E-state index in [-0.39, 0.29) is 43.2 Å². The van der Waals surface area contributed by atoms with Gasteiger partial charge in [0.2, 0.25) is 12.3 Å². The third kappa shape index (κ3) is 9.73. The molecule has 206 valence electrons. The van der Waals surface area contributed by atoms with Gasteiger partial charge < -0.3 is 30.0 Å². The molecule has 0 unspecified atom stereocenters. The van der Waals surface area contributed by atoms with Crippen molar-refractivity contribution in [3.63, 3.8) is 0 Å². The number of carboxylic acid groups (broad SMARTS) is 1. The number of amides is 1. The van der Waals surface area contributed by atoms with Crippen LogP contribution in [0.2, 0.25) is 0 Å². The molecule has 0 radical (unpaired) electrons. The van der Waals surface area contributed by atoms with E-state index < -0.39 is 24.2 Å². The van der Waals surface area contributed by atoms with Gasteiger partial charge in [-0.15, -0.1) is 0 Å². The fourth-order valence-corrected chi connectivity index (χ4v) is 3.07. The van der Waals surface area contributed by atoms with Crippen LogP contribution in [0.25, 0.3) is 11.5 Å². The van der Waals surface area contributed by atoms with E-state index in [0.29, 0.717) is 42.2 Å². The Morgan fingerprint density at radius 1 is 1.18 bits per heavy atom. The molecule has 0 aliphatic carbocycles. The molecule has 38 heavy (non-hydrogen) atoms. The molecule has 0 bridgehead atoms. The number of nitrogens with one attached hydrogen (secondary N) is 1. The first kappa shape index (κ1) is 30.1. The highest BCUT2D eigenvalue weighted by atomic mass is 19.3. The highest BCUT2D eigenvalue weighted by Crippen LogP contribution is 2.34. The lowest BCUT2D eigenvalue weighted by atomic mass is 10.2. The van der Waals surface area contributed by atoms with Gasteiger partial charge in [-0.2, -0.15) is 8.78 Å². The lowest BCUT2D eigenvalue weighted by Gasteiger charge is -2.13. The van der Waals surface area contributed by atoms with Crippen LogP contribution in [0.5, 0.6) is 11.5 Å². The summed E-state index contributed by atoms with van der Waals surface area (Å²) in [7, 11) is 0. The van der Waals surface area contributed by atoms with Crippen molar-refractivity contribution in [2.24, 2.45) is 5.73 Å². The van der Waals surface area contributed by atoms with Crippen molar-refractivity contribution in [3.8, 4) is 23.0 Å². The number of carbonyl (C=O) groups is 2. The van der Waals surface area contributed by atoms with E-state index in [1.54, 1.807) is 6.92 Å². The number of aliphatic carboxylic acids is 1. The number of benzene rings is 2. The number of halogens is 4.